The Balaban J connectivity index is 1.60. The highest BCUT2D eigenvalue weighted by Crippen LogP contribution is 2.18. The average molecular weight is 434 g/mol. The van der Waals surface area contributed by atoms with Crippen molar-refractivity contribution in [1.29, 1.82) is 0 Å². The van der Waals surface area contributed by atoms with Crippen LogP contribution in [0.1, 0.15) is 5.56 Å². The Kier molecular flexibility index (Phi) is 5.04. The summed E-state index contributed by atoms with van der Waals surface area (Å²) in [6.45, 7) is 2.16. The van der Waals surface area contributed by atoms with Crippen LogP contribution in [0.4, 0.5) is 11.4 Å². The highest BCUT2D eigenvalue weighted by molar-refractivity contribution is 14.1. The fourth-order valence-electron chi connectivity index (χ4n) is 2.25. The van der Waals surface area contributed by atoms with E-state index in [-0.39, 0.29) is 12.5 Å². The molecule has 8 heteroatoms. The molecule has 0 aliphatic carbocycles. The largest absolute Gasteiger partial charge is 0.376 e. The summed E-state index contributed by atoms with van der Waals surface area (Å²) < 4.78 is 2.68. The van der Waals surface area contributed by atoms with Gasteiger partial charge in [-0.2, -0.15) is 0 Å². The molecule has 2 N–H and O–H groups in total. The van der Waals surface area contributed by atoms with Crippen molar-refractivity contribution in [3.63, 3.8) is 0 Å². The Morgan fingerprint density at radius 2 is 2.08 bits per heavy atom. The SMILES string of the molecule is Cc1cc(NCC(=O)Nc2cccc(I)c2)ccc1-n1cnnn1. The van der Waals surface area contributed by atoms with Crippen LogP contribution in [-0.2, 0) is 4.79 Å². The fourth-order valence-corrected chi connectivity index (χ4v) is 2.79. The molecule has 7 nitrogen and oxygen atoms in total. The lowest BCUT2D eigenvalue weighted by Gasteiger charge is -2.10. The van der Waals surface area contributed by atoms with Crippen LogP contribution in [0.3, 0.4) is 0 Å². The van der Waals surface area contributed by atoms with Crippen LogP contribution in [0.5, 0.6) is 0 Å². The zero-order valence-electron chi connectivity index (χ0n) is 12.9. The molecule has 1 heterocycles. The van der Waals surface area contributed by atoms with E-state index in [4.69, 9.17) is 0 Å². The summed E-state index contributed by atoms with van der Waals surface area (Å²) in [5, 5.41) is 17.1. The number of nitrogens with zero attached hydrogens (tertiary/aromatic N) is 4. The van der Waals surface area contributed by atoms with Crippen LogP contribution in [0.2, 0.25) is 0 Å². The van der Waals surface area contributed by atoms with Crippen LogP contribution in [0.25, 0.3) is 5.69 Å². The summed E-state index contributed by atoms with van der Waals surface area (Å²) in [5.74, 6) is -0.0980. The van der Waals surface area contributed by atoms with Gasteiger partial charge in [-0.15, -0.1) is 5.10 Å². The summed E-state index contributed by atoms with van der Waals surface area (Å²) in [4.78, 5) is 12.0. The van der Waals surface area contributed by atoms with Gasteiger partial charge in [0.05, 0.1) is 12.2 Å². The molecule has 122 valence electrons. The van der Waals surface area contributed by atoms with Crippen molar-refractivity contribution >= 4 is 39.9 Å². The van der Waals surface area contributed by atoms with Gasteiger partial charge in [-0.3, -0.25) is 4.79 Å². The van der Waals surface area contributed by atoms with E-state index >= 15 is 0 Å². The number of halogens is 1. The minimum absolute atomic E-state index is 0.0980. The summed E-state index contributed by atoms with van der Waals surface area (Å²) in [7, 11) is 0. The smallest absolute Gasteiger partial charge is 0.243 e. The van der Waals surface area contributed by atoms with Crippen molar-refractivity contribution in [2.75, 3.05) is 17.2 Å². The van der Waals surface area contributed by atoms with Gasteiger partial charge in [-0.05, 0) is 81.9 Å². The first-order chi connectivity index (χ1) is 11.6. The predicted octanol–water partition coefficient (Wildman–Crippen LogP) is 2.63. The first-order valence-corrected chi connectivity index (χ1v) is 8.33. The normalized spacial score (nSPS) is 10.4. The van der Waals surface area contributed by atoms with Crippen molar-refractivity contribution in [3.05, 3.63) is 57.9 Å². The number of aryl methyl sites for hydroxylation is 1. The van der Waals surface area contributed by atoms with Crippen LogP contribution < -0.4 is 10.6 Å². The van der Waals surface area contributed by atoms with Crippen LogP contribution in [0.15, 0.2) is 48.8 Å². The maximum atomic E-state index is 12.0. The van der Waals surface area contributed by atoms with Gasteiger partial charge in [0.2, 0.25) is 5.91 Å². The van der Waals surface area contributed by atoms with E-state index in [0.717, 1.165) is 26.2 Å². The molecule has 0 saturated heterocycles. The van der Waals surface area contributed by atoms with Gasteiger partial charge in [0, 0.05) is 14.9 Å². The lowest BCUT2D eigenvalue weighted by molar-refractivity contribution is -0.114. The topological polar surface area (TPSA) is 84.7 Å². The lowest BCUT2D eigenvalue weighted by atomic mass is 10.2. The van der Waals surface area contributed by atoms with Crippen LogP contribution in [0, 0.1) is 10.5 Å². The van der Waals surface area contributed by atoms with Crippen LogP contribution in [-0.4, -0.2) is 32.7 Å². The minimum atomic E-state index is -0.0980. The zero-order chi connectivity index (χ0) is 16.9. The third-order valence-corrected chi connectivity index (χ3v) is 4.03. The molecule has 0 atom stereocenters. The molecule has 0 bridgehead atoms. The molecular formula is C16H15IN6O. The van der Waals surface area contributed by atoms with E-state index < -0.39 is 0 Å². The van der Waals surface area contributed by atoms with Crippen molar-refractivity contribution in [2.24, 2.45) is 0 Å². The Morgan fingerprint density at radius 1 is 1.21 bits per heavy atom. The molecule has 0 aliphatic heterocycles. The minimum Gasteiger partial charge on any atom is -0.376 e. The number of benzene rings is 2. The van der Waals surface area contributed by atoms with Gasteiger partial charge in [0.1, 0.15) is 6.33 Å². The molecule has 24 heavy (non-hydrogen) atoms. The van der Waals surface area contributed by atoms with Gasteiger partial charge >= 0.3 is 0 Å². The Morgan fingerprint density at radius 3 is 2.79 bits per heavy atom. The maximum Gasteiger partial charge on any atom is 0.243 e. The van der Waals surface area contributed by atoms with Gasteiger partial charge in [0.15, 0.2) is 0 Å². The quantitative estimate of drug-likeness (QED) is 0.604. The number of hydrogen-bond donors (Lipinski definition) is 2. The Hall–Kier alpha value is -2.49. The second kappa shape index (κ2) is 7.39. The van der Waals surface area contributed by atoms with Crippen molar-refractivity contribution in [1.82, 2.24) is 20.2 Å². The number of tetrazole rings is 1. The average Bonchev–Trinajstić information content (AvgIpc) is 3.07. The summed E-state index contributed by atoms with van der Waals surface area (Å²) in [6.07, 6.45) is 1.55. The molecule has 3 rings (SSSR count). The second-order valence-electron chi connectivity index (χ2n) is 5.17. The maximum absolute atomic E-state index is 12.0. The lowest BCUT2D eigenvalue weighted by Crippen LogP contribution is -2.21. The Bertz CT molecular complexity index is 850. The van der Waals surface area contributed by atoms with E-state index in [0.29, 0.717) is 0 Å². The highest BCUT2D eigenvalue weighted by atomic mass is 127. The monoisotopic (exact) mass is 434 g/mol. The summed E-state index contributed by atoms with van der Waals surface area (Å²) >= 11 is 2.21. The van der Waals surface area contributed by atoms with Gasteiger partial charge in [-0.1, -0.05) is 6.07 Å². The van der Waals surface area contributed by atoms with E-state index in [1.54, 1.807) is 11.0 Å². The fraction of sp³-hybridized carbons (Fsp3) is 0.125. The number of nitrogens with one attached hydrogen (secondary N) is 2. The molecule has 1 aromatic heterocycles. The van der Waals surface area contributed by atoms with Crippen molar-refractivity contribution in [2.45, 2.75) is 6.92 Å². The van der Waals surface area contributed by atoms with Crippen molar-refractivity contribution < 1.29 is 4.79 Å². The standard InChI is InChI=1S/C16H15IN6O/c1-11-7-13(5-6-15(11)23-10-19-21-22-23)18-9-16(24)20-14-4-2-3-12(17)8-14/h2-8,10,18H,9H2,1H3,(H,20,24). The predicted molar refractivity (Wildman–Crippen MR) is 100 cm³/mol. The van der Waals surface area contributed by atoms with Crippen LogP contribution >= 0.6 is 22.6 Å². The molecule has 2 aromatic carbocycles. The number of aromatic nitrogens is 4. The summed E-state index contributed by atoms with van der Waals surface area (Å²) in [5.41, 5.74) is 3.56. The molecule has 0 saturated carbocycles. The first kappa shape index (κ1) is 16.4. The third kappa shape index (κ3) is 4.07. The molecule has 0 aliphatic rings. The first-order valence-electron chi connectivity index (χ1n) is 7.25. The number of hydrogen-bond acceptors (Lipinski definition) is 5. The second-order valence-corrected chi connectivity index (χ2v) is 6.41. The van der Waals surface area contributed by atoms with Gasteiger partial charge < -0.3 is 10.6 Å². The van der Waals surface area contributed by atoms with E-state index in [9.17, 15) is 4.79 Å². The molecule has 3 aromatic rings. The van der Waals surface area contributed by atoms with E-state index in [1.165, 1.54) is 0 Å². The molecule has 1 amide bonds. The molecule has 0 radical (unpaired) electrons. The van der Waals surface area contributed by atoms with Crippen molar-refractivity contribution in [3.8, 4) is 5.69 Å². The number of amides is 1. The number of carbonyl (C=O) groups excluding carboxylic acids is 1. The molecule has 0 unspecified atom stereocenters. The molecule has 0 spiro atoms. The van der Waals surface area contributed by atoms with E-state index in [1.807, 2.05) is 49.4 Å². The van der Waals surface area contributed by atoms with E-state index in [2.05, 4.69) is 48.7 Å². The van der Waals surface area contributed by atoms with Gasteiger partial charge in [0.25, 0.3) is 0 Å². The number of carbonyl (C=O) groups is 1. The number of rotatable bonds is 5. The molecular weight excluding hydrogens is 419 g/mol. The third-order valence-electron chi connectivity index (χ3n) is 3.35. The Labute approximate surface area is 152 Å². The molecule has 0 fully saturated rings. The number of anilines is 2. The summed E-state index contributed by atoms with van der Waals surface area (Å²) in [6, 6.07) is 13.4. The highest BCUT2D eigenvalue weighted by Gasteiger charge is 2.06. The van der Waals surface area contributed by atoms with Gasteiger partial charge in [-0.25, -0.2) is 4.68 Å². The zero-order valence-corrected chi connectivity index (χ0v) is 15.1.